The molecule has 1 heteroatoms. The smallest absolute Gasteiger partial charge is 0.00475 e. The molecule has 0 radical (unpaired) electrons. The van der Waals surface area contributed by atoms with Crippen molar-refractivity contribution in [2.45, 2.75) is 38.1 Å². The minimum atomic E-state index is 0.323. The Morgan fingerprint density at radius 3 is 2.90 bits per heavy atom. The van der Waals surface area contributed by atoms with Gasteiger partial charge in [0.05, 0.1) is 0 Å². The quantitative estimate of drug-likeness (QED) is 0.752. The Balaban J connectivity index is 1.79. The van der Waals surface area contributed by atoms with Gasteiger partial charge in [0.25, 0.3) is 0 Å². The van der Waals surface area contributed by atoms with Gasteiger partial charge < -0.3 is 5.73 Å². The van der Waals surface area contributed by atoms with Crippen LogP contribution >= 0.6 is 0 Å². The van der Waals surface area contributed by atoms with Gasteiger partial charge in [0.15, 0.2) is 0 Å². The Morgan fingerprint density at radius 2 is 2.05 bits per heavy atom. The summed E-state index contributed by atoms with van der Waals surface area (Å²) in [7, 11) is 0. The van der Waals surface area contributed by atoms with Crippen LogP contribution in [0.2, 0.25) is 0 Å². The molecule has 1 spiro atoms. The summed E-state index contributed by atoms with van der Waals surface area (Å²) in [6, 6.07) is 9.26. The van der Waals surface area contributed by atoms with Crippen LogP contribution in [0.3, 0.4) is 0 Å². The fourth-order valence-corrected chi connectivity index (χ4v) is 4.10. The summed E-state index contributed by atoms with van der Waals surface area (Å²) in [6.07, 6.45) is 15.1. The van der Waals surface area contributed by atoms with Gasteiger partial charge in [-0.1, -0.05) is 48.6 Å². The van der Waals surface area contributed by atoms with E-state index in [1.165, 1.54) is 35.1 Å². The molecule has 3 aliphatic rings. The highest BCUT2D eigenvalue weighted by Gasteiger charge is 2.38. The third kappa shape index (κ3) is 1.89. The maximum atomic E-state index is 6.17. The second-order valence-electron chi connectivity index (χ2n) is 6.57. The monoisotopic (exact) mass is 263 g/mol. The zero-order chi connectivity index (χ0) is 13.6. The van der Waals surface area contributed by atoms with Gasteiger partial charge in [-0.2, -0.15) is 0 Å². The lowest BCUT2D eigenvalue weighted by Gasteiger charge is -2.31. The van der Waals surface area contributed by atoms with Crippen LogP contribution in [0.5, 0.6) is 0 Å². The lowest BCUT2D eigenvalue weighted by atomic mass is 9.73. The summed E-state index contributed by atoms with van der Waals surface area (Å²) in [5.41, 5.74) is 12.3. The summed E-state index contributed by atoms with van der Waals surface area (Å²) < 4.78 is 0. The van der Waals surface area contributed by atoms with Gasteiger partial charge in [0.1, 0.15) is 0 Å². The highest BCUT2D eigenvalue weighted by atomic mass is 14.7. The molecule has 20 heavy (non-hydrogen) atoms. The van der Waals surface area contributed by atoms with E-state index in [1.54, 1.807) is 0 Å². The van der Waals surface area contributed by atoms with E-state index in [2.05, 4.69) is 48.6 Å². The van der Waals surface area contributed by atoms with Crippen molar-refractivity contribution in [2.24, 2.45) is 11.1 Å². The van der Waals surface area contributed by atoms with Crippen molar-refractivity contribution < 1.29 is 0 Å². The average Bonchev–Trinajstić information content (AvgIpc) is 2.72. The highest BCUT2D eigenvalue weighted by Crippen LogP contribution is 2.50. The van der Waals surface area contributed by atoms with E-state index < -0.39 is 0 Å². The fourth-order valence-electron chi connectivity index (χ4n) is 4.10. The van der Waals surface area contributed by atoms with Crippen molar-refractivity contribution in [3.05, 3.63) is 65.3 Å². The summed E-state index contributed by atoms with van der Waals surface area (Å²) in [5.74, 6) is 0. The second kappa shape index (κ2) is 4.46. The molecule has 1 aromatic carbocycles. The Morgan fingerprint density at radius 1 is 1.15 bits per heavy atom. The number of fused-ring (bicyclic) bond motifs is 2. The first kappa shape index (κ1) is 12.2. The molecule has 0 amide bonds. The molecule has 2 unspecified atom stereocenters. The Bertz CT molecular complexity index is 635. The van der Waals surface area contributed by atoms with E-state index in [4.69, 9.17) is 5.73 Å². The van der Waals surface area contributed by atoms with Gasteiger partial charge in [-0.25, -0.2) is 0 Å². The summed E-state index contributed by atoms with van der Waals surface area (Å²) in [5, 5.41) is 0. The van der Waals surface area contributed by atoms with Gasteiger partial charge in [-0.15, -0.1) is 0 Å². The first-order chi connectivity index (χ1) is 9.76. The molecule has 0 heterocycles. The van der Waals surface area contributed by atoms with E-state index in [-0.39, 0.29) is 0 Å². The van der Waals surface area contributed by atoms with Crippen LogP contribution in [0.25, 0.3) is 5.57 Å². The van der Waals surface area contributed by atoms with Crippen molar-refractivity contribution in [3.63, 3.8) is 0 Å². The van der Waals surface area contributed by atoms with Gasteiger partial charge in [0.2, 0.25) is 0 Å². The van der Waals surface area contributed by atoms with Gasteiger partial charge in [-0.3, -0.25) is 0 Å². The Labute approximate surface area is 120 Å². The summed E-state index contributed by atoms with van der Waals surface area (Å²) in [6.45, 7) is 0. The molecule has 1 fully saturated rings. The minimum Gasteiger partial charge on any atom is -0.328 e. The third-order valence-corrected chi connectivity index (χ3v) is 5.15. The van der Waals surface area contributed by atoms with Crippen LogP contribution in [0.1, 0.15) is 36.8 Å². The molecule has 0 aliphatic heterocycles. The molecule has 1 nitrogen and oxygen atoms in total. The molecule has 2 N–H and O–H groups in total. The number of rotatable bonds is 0. The van der Waals surface area contributed by atoms with Crippen LogP contribution in [0, 0.1) is 5.41 Å². The molecule has 1 saturated carbocycles. The van der Waals surface area contributed by atoms with Crippen molar-refractivity contribution in [1.82, 2.24) is 0 Å². The molecule has 102 valence electrons. The maximum absolute atomic E-state index is 6.17. The molecular weight excluding hydrogens is 242 g/mol. The molecule has 4 rings (SSSR count). The lowest BCUT2D eigenvalue weighted by Crippen LogP contribution is -2.22. The normalized spacial score (nSPS) is 31.4. The molecule has 1 aromatic rings. The zero-order valence-electron chi connectivity index (χ0n) is 11.8. The highest BCUT2D eigenvalue weighted by molar-refractivity contribution is 5.78. The number of hydrogen-bond donors (Lipinski definition) is 1. The Hall–Kier alpha value is -1.60. The van der Waals surface area contributed by atoms with E-state index >= 15 is 0 Å². The van der Waals surface area contributed by atoms with Gasteiger partial charge in [0, 0.05) is 6.04 Å². The fraction of sp³-hybridized carbons (Fsp3) is 0.368. The van der Waals surface area contributed by atoms with Crippen molar-refractivity contribution in [3.8, 4) is 0 Å². The van der Waals surface area contributed by atoms with Crippen LogP contribution in [-0.4, -0.2) is 6.04 Å². The predicted octanol–water partition coefficient (Wildman–Crippen LogP) is 4.01. The van der Waals surface area contributed by atoms with Crippen LogP contribution in [0.15, 0.2) is 54.1 Å². The standard InChI is InChI=1S/C19H21N/c20-16-9-11-19(12-16)10-8-15-6-3-5-14-4-1-2-7-17(14)18(15)13-19/h1-4,6-8,10,16H,5,9,11-13,20H2. The molecule has 0 saturated heterocycles. The van der Waals surface area contributed by atoms with E-state index in [1.807, 2.05) is 0 Å². The molecule has 2 atom stereocenters. The Kier molecular flexibility index (Phi) is 2.71. The summed E-state index contributed by atoms with van der Waals surface area (Å²) >= 11 is 0. The van der Waals surface area contributed by atoms with Crippen molar-refractivity contribution in [2.75, 3.05) is 0 Å². The molecule has 0 bridgehead atoms. The van der Waals surface area contributed by atoms with Crippen LogP contribution < -0.4 is 5.73 Å². The summed E-state index contributed by atoms with van der Waals surface area (Å²) in [4.78, 5) is 0. The van der Waals surface area contributed by atoms with E-state index in [9.17, 15) is 0 Å². The van der Waals surface area contributed by atoms with Crippen molar-refractivity contribution in [1.29, 1.82) is 0 Å². The molecule has 0 aromatic heterocycles. The minimum absolute atomic E-state index is 0.323. The van der Waals surface area contributed by atoms with E-state index in [0.29, 0.717) is 11.5 Å². The van der Waals surface area contributed by atoms with Crippen LogP contribution in [-0.2, 0) is 6.42 Å². The lowest BCUT2D eigenvalue weighted by molar-refractivity contribution is 0.397. The SMILES string of the molecule is NC1CCC2(C=CC3=C(C2)c2ccccc2CC=C3)C1. The topological polar surface area (TPSA) is 26.0 Å². The average molecular weight is 263 g/mol. The molecule has 3 aliphatic carbocycles. The third-order valence-electron chi connectivity index (χ3n) is 5.15. The number of benzene rings is 1. The van der Waals surface area contributed by atoms with Crippen LogP contribution in [0.4, 0.5) is 0 Å². The second-order valence-corrected chi connectivity index (χ2v) is 6.57. The molecular formula is C19H21N. The number of nitrogens with two attached hydrogens (primary N) is 1. The predicted molar refractivity (Wildman–Crippen MR) is 84.2 cm³/mol. The van der Waals surface area contributed by atoms with Gasteiger partial charge >= 0.3 is 0 Å². The largest absolute Gasteiger partial charge is 0.328 e. The number of allylic oxidation sites excluding steroid dienone is 6. The van der Waals surface area contributed by atoms with E-state index in [0.717, 1.165) is 19.3 Å². The van der Waals surface area contributed by atoms with Gasteiger partial charge in [-0.05, 0) is 59.8 Å². The first-order valence-electron chi connectivity index (χ1n) is 7.69. The first-order valence-corrected chi connectivity index (χ1v) is 7.69. The maximum Gasteiger partial charge on any atom is 0.00475 e. The van der Waals surface area contributed by atoms with Crippen molar-refractivity contribution >= 4 is 5.57 Å². The number of hydrogen-bond acceptors (Lipinski definition) is 1. The zero-order valence-corrected chi connectivity index (χ0v) is 11.8.